The van der Waals surface area contributed by atoms with Gasteiger partial charge in [-0.2, -0.15) is 0 Å². The molecule has 1 aromatic carbocycles. The number of hydrogen-bond donors (Lipinski definition) is 1. The van der Waals surface area contributed by atoms with Crippen LogP contribution in [0.5, 0.6) is 11.5 Å². The maximum Gasteiger partial charge on any atom is 0.586 e. The summed E-state index contributed by atoms with van der Waals surface area (Å²) in [6.45, 7) is 2.91. The minimum atomic E-state index is -3.58. The monoisotopic (exact) mass is 286 g/mol. The molecular formula is C12H12F2N2O2S. The number of aliphatic imine (C=N–C) groups is 1. The Labute approximate surface area is 113 Å². The molecule has 0 radical (unpaired) electrons. The van der Waals surface area contributed by atoms with Crippen LogP contribution in [0.2, 0.25) is 0 Å². The third kappa shape index (κ3) is 2.75. The average molecular weight is 286 g/mol. The summed E-state index contributed by atoms with van der Waals surface area (Å²) < 4.78 is 34.5. The zero-order chi connectivity index (χ0) is 13.5. The number of amidine groups is 1. The normalized spacial score (nSPS) is 23.9. The third-order valence-electron chi connectivity index (χ3n) is 2.70. The van der Waals surface area contributed by atoms with Crippen molar-refractivity contribution in [1.29, 1.82) is 0 Å². The zero-order valence-corrected chi connectivity index (χ0v) is 11.0. The maximum atomic E-state index is 12.9. The molecule has 0 bridgehead atoms. The Kier molecular flexibility index (Phi) is 3.00. The van der Waals surface area contributed by atoms with E-state index >= 15 is 0 Å². The van der Waals surface area contributed by atoms with Crippen molar-refractivity contribution in [3.8, 4) is 11.5 Å². The average Bonchev–Trinajstić information content (AvgIpc) is 2.65. The van der Waals surface area contributed by atoms with Crippen molar-refractivity contribution in [3.63, 3.8) is 0 Å². The number of halogens is 2. The lowest BCUT2D eigenvalue weighted by Gasteiger charge is -2.17. The van der Waals surface area contributed by atoms with Crippen molar-refractivity contribution in [1.82, 2.24) is 0 Å². The number of benzene rings is 1. The summed E-state index contributed by atoms with van der Waals surface area (Å²) >= 11 is 1.62. The topological polar surface area (TPSA) is 42.9 Å². The molecule has 0 saturated heterocycles. The first-order valence-corrected chi connectivity index (χ1v) is 6.84. The predicted octanol–water partition coefficient (Wildman–Crippen LogP) is 3.16. The second kappa shape index (κ2) is 4.56. The van der Waals surface area contributed by atoms with Crippen LogP contribution in [0.25, 0.3) is 0 Å². The van der Waals surface area contributed by atoms with Crippen molar-refractivity contribution in [2.24, 2.45) is 10.9 Å². The summed E-state index contributed by atoms with van der Waals surface area (Å²) in [7, 11) is 0. The van der Waals surface area contributed by atoms with Gasteiger partial charge in [-0.3, -0.25) is 4.99 Å². The molecule has 1 unspecified atom stereocenters. The summed E-state index contributed by atoms with van der Waals surface area (Å²) in [5.41, 5.74) is 0.654. The van der Waals surface area contributed by atoms with E-state index in [1.54, 1.807) is 17.8 Å². The molecule has 102 valence electrons. The molecule has 7 heteroatoms. The van der Waals surface area contributed by atoms with E-state index in [0.29, 0.717) is 11.6 Å². The Balaban J connectivity index is 1.74. The van der Waals surface area contributed by atoms with E-state index in [4.69, 9.17) is 0 Å². The number of nitrogens with one attached hydrogen (secondary N) is 1. The largest absolute Gasteiger partial charge is 0.586 e. The molecule has 2 aliphatic heterocycles. The highest BCUT2D eigenvalue weighted by atomic mass is 32.2. The first-order valence-electron chi connectivity index (χ1n) is 5.86. The van der Waals surface area contributed by atoms with E-state index in [2.05, 4.69) is 26.7 Å². The fourth-order valence-corrected chi connectivity index (χ4v) is 2.69. The Morgan fingerprint density at radius 1 is 1.37 bits per heavy atom. The van der Waals surface area contributed by atoms with Crippen molar-refractivity contribution >= 4 is 22.6 Å². The lowest BCUT2D eigenvalue weighted by molar-refractivity contribution is -0.286. The quantitative estimate of drug-likeness (QED) is 0.861. The van der Waals surface area contributed by atoms with Gasteiger partial charge < -0.3 is 14.8 Å². The molecule has 0 aliphatic carbocycles. The third-order valence-corrected chi connectivity index (χ3v) is 3.94. The van der Waals surface area contributed by atoms with Gasteiger partial charge in [-0.05, 0) is 18.1 Å². The molecule has 0 fully saturated rings. The second-order valence-corrected chi connectivity index (χ2v) is 5.52. The van der Waals surface area contributed by atoms with Gasteiger partial charge in [-0.25, -0.2) is 0 Å². The Bertz CT molecular complexity index is 536. The second-order valence-electron chi connectivity index (χ2n) is 4.52. The van der Waals surface area contributed by atoms with Crippen molar-refractivity contribution < 1.29 is 18.3 Å². The van der Waals surface area contributed by atoms with Gasteiger partial charge in [0.2, 0.25) is 0 Å². The van der Waals surface area contributed by atoms with Gasteiger partial charge >= 0.3 is 6.29 Å². The first-order chi connectivity index (χ1) is 9.02. The number of alkyl halides is 2. The summed E-state index contributed by atoms with van der Waals surface area (Å²) in [6.07, 6.45) is -3.58. The molecule has 0 aromatic heterocycles. The van der Waals surface area contributed by atoms with Crippen LogP contribution < -0.4 is 14.8 Å². The highest BCUT2D eigenvalue weighted by Crippen LogP contribution is 2.42. The zero-order valence-electron chi connectivity index (χ0n) is 10.2. The number of hydrogen-bond acceptors (Lipinski definition) is 5. The molecule has 0 spiro atoms. The molecule has 1 N–H and O–H groups in total. The predicted molar refractivity (Wildman–Crippen MR) is 70.2 cm³/mol. The molecule has 3 rings (SSSR count). The van der Waals surface area contributed by atoms with Crippen LogP contribution in [0.4, 0.5) is 14.5 Å². The molecular weight excluding hydrogens is 274 g/mol. The first kappa shape index (κ1) is 12.5. The van der Waals surface area contributed by atoms with Gasteiger partial charge in [0.25, 0.3) is 0 Å². The van der Waals surface area contributed by atoms with Gasteiger partial charge in [0, 0.05) is 24.1 Å². The minimum absolute atomic E-state index is 0.0322. The fraction of sp³-hybridized carbons (Fsp3) is 0.417. The number of nitrogens with zero attached hydrogens (tertiary/aromatic N) is 1. The molecule has 1 atom stereocenters. The van der Waals surface area contributed by atoms with Crippen LogP contribution in [0.3, 0.4) is 0 Å². The van der Waals surface area contributed by atoms with Gasteiger partial charge in [0.15, 0.2) is 16.7 Å². The van der Waals surface area contributed by atoms with Crippen LogP contribution in [-0.4, -0.2) is 23.8 Å². The number of rotatable bonds is 1. The van der Waals surface area contributed by atoms with Gasteiger partial charge in [-0.15, -0.1) is 8.78 Å². The highest BCUT2D eigenvalue weighted by molar-refractivity contribution is 8.14. The van der Waals surface area contributed by atoms with Crippen molar-refractivity contribution in [2.75, 3.05) is 17.6 Å². The van der Waals surface area contributed by atoms with Crippen LogP contribution in [0.15, 0.2) is 23.2 Å². The standard InChI is InChI=1S/C12H12F2N2O2S/c1-7-5-15-11(19-6-7)16-8-2-3-9-10(4-8)18-12(13,14)17-9/h2-4,7H,5-6H2,1H3,(H,15,16). The molecule has 19 heavy (non-hydrogen) atoms. The maximum absolute atomic E-state index is 12.9. The lowest BCUT2D eigenvalue weighted by atomic mass is 10.2. The molecule has 0 saturated carbocycles. The van der Waals surface area contributed by atoms with Crippen molar-refractivity contribution in [3.05, 3.63) is 18.2 Å². The molecule has 2 aliphatic rings. The van der Waals surface area contributed by atoms with Crippen molar-refractivity contribution in [2.45, 2.75) is 13.2 Å². The molecule has 2 heterocycles. The Morgan fingerprint density at radius 2 is 2.16 bits per heavy atom. The number of anilines is 1. The van der Waals surface area contributed by atoms with E-state index in [-0.39, 0.29) is 11.5 Å². The number of fused-ring (bicyclic) bond motifs is 1. The van der Waals surface area contributed by atoms with Gasteiger partial charge in [0.1, 0.15) is 0 Å². The number of thioether (sulfide) groups is 1. The molecule has 0 amide bonds. The minimum Gasteiger partial charge on any atom is -0.395 e. The van der Waals surface area contributed by atoms with Crippen LogP contribution >= 0.6 is 11.8 Å². The van der Waals surface area contributed by atoms with E-state index in [0.717, 1.165) is 17.5 Å². The van der Waals surface area contributed by atoms with Gasteiger partial charge in [-0.1, -0.05) is 18.7 Å². The summed E-state index contributed by atoms with van der Waals surface area (Å²) in [6, 6.07) is 4.59. The van der Waals surface area contributed by atoms with E-state index in [1.807, 2.05) is 0 Å². The van der Waals surface area contributed by atoms with Crippen LogP contribution in [0.1, 0.15) is 6.92 Å². The Morgan fingerprint density at radius 3 is 2.89 bits per heavy atom. The van der Waals surface area contributed by atoms with E-state index < -0.39 is 6.29 Å². The summed E-state index contributed by atoms with van der Waals surface area (Å²) in [5, 5.41) is 3.89. The number of ether oxygens (including phenoxy) is 2. The molecule has 4 nitrogen and oxygen atoms in total. The Hall–Kier alpha value is -1.50. The van der Waals surface area contributed by atoms with E-state index in [9.17, 15) is 8.78 Å². The van der Waals surface area contributed by atoms with Crippen LogP contribution in [-0.2, 0) is 0 Å². The lowest BCUT2D eigenvalue weighted by Crippen LogP contribution is -2.25. The van der Waals surface area contributed by atoms with Crippen LogP contribution in [0, 0.1) is 5.92 Å². The van der Waals surface area contributed by atoms with E-state index in [1.165, 1.54) is 12.1 Å². The smallest absolute Gasteiger partial charge is 0.395 e. The highest BCUT2D eigenvalue weighted by Gasteiger charge is 2.43. The molecule has 1 aromatic rings. The summed E-state index contributed by atoms with van der Waals surface area (Å²) in [4.78, 5) is 4.38. The summed E-state index contributed by atoms with van der Waals surface area (Å²) in [5.74, 6) is 1.63. The fourth-order valence-electron chi connectivity index (χ4n) is 1.78. The van der Waals surface area contributed by atoms with Gasteiger partial charge in [0.05, 0.1) is 0 Å². The SMILES string of the molecule is CC1CN=C(Nc2ccc3c(c2)OC(F)(F)O3)SC1.